The number of carbonyl (C=O) groups is 1. The highest BCUT2D eigenvalue weighted by Gasteiger charge is 2.46. The van der Waals surface area contributed by atoms with Crippen LogP contribution in [-0.2, 0) is 0 Å². The van der Waals surface area contributed by atoms with Crippen LogP contribution in [0.2, 0.25) is 0 Å². The van der Waals surface area contributed by atoms with Crippen LogP contribution in [0, 0.1) is 5.41 Å². The van der Waals surface area contributed by atoms with Gasteiger partial charge in [-0.2, -0.15) is 0 Å². The molecule has 4 heteroatoms. The molecule has 3 rings (SSSR count). The maximum absolute atomic E-state index is 12.5. The first-order chi connectivity index (χ1) is 9.51. The van der Waals surface area contributed by atoms with Crippen LogP contribution in [0.4, 0.5) is 5.82 Å². The molecule has 1 aliphatic carbocycles. The molecule has 0 saturated heterocycles. The summed E-state index contributed by atoms with van der Waals surface area (Å²) in [5.41, 5.74) is 1.74. The van der Waals surface area contributed by atoms with Gasteiger partial charge in [-0.1, -0.05) is 32.0 Å². The summed E-state index contributed by atoms with van der Waals surface area (Å²) in [5.74, 6) is 0.694. The Kier molecular flexibility index (Phi) is 2.89. The topological polar surface area (TPSA) is 54.0 Å². The summed E-state index contributed by atoms with van der Waals surface area (Å²) in [6.45, 7) is 4.34. The first-order valence-corrected chi connectivity index (χ1v) is 6.90. The molecule has 20 heavy (non-hydrogen) atoms. The Morgan fingerprint density at radius 2 is 2.05 bits per heavy atom. The normalized spacial score (nSPS) is 19.6. The average molecular weight is 269 g/mol. The molecule has 1 unspecified atom stereocenters. The second-order valence-electron chi connectivity index (χ2n) is 6.04. The van der Waals surface area contributed by atoms with Crippen molar-refractivity contribution < 1.29 is 4.79 Å². The number of carbonyl (C=O) groups excluding carboxylic acids is 1. The van der Waals surface area contributed by atoms with Crippen molar-refractivity contribution in [2.75, 3.05) is 12.4 Å². The van der Waals surface area contributed by atoms with Crippen LogP contribution in [0.5, 0.6) is 0 Å². The monoisotopic (exact) mass is 269 g/mol. The van der Waals surface area contributed by atoms with E-state index < -0.39 is 0 Å². The third-order valence-electron chi connectivity index (χ3n) is 4.04. The predicted octanol–water partition coefficient (Wildman–Crippen LogP) is 2.80. The van der Waals surface area contributed by atoms with Gasteiger partial charge in [-0.3, -0.25) is 4.79 Å². The number of anilines is 1. The largest absolute Gasteiger partial charge is 0.373 e. The van der Waals surface area contributed by atoms with Crippen LogP contribution < -0.4 is 10.6 Å². The highest BCUT2D eigenvalue weighted by molar-refractivity contribution is 6.07. The van der Waals surface area contributed by atoms with E-state index in [9.17, 15) is 4.79 Å². The number of aromatic nitrogens is 1. The van der Waals surface area contributed by atoms with Crippen molar-refractivity contribution in [3.05, 3.63) is 35.9 Å². The van der Waals surface area contributed by atoms with E-state index in [4.69, 9.17) is 0 Å². The lowest BCUT2D eigenvalue weighted by molar-refractivity contribution is 0.0948. The van der Waals surface area contributed by atoms with Crippen molar-refractivity contribution in [3.8, 4) is 0 Å². The molecule has 1 aliphatic rings. The Bertz CT molecular complexity index is 678. The second-order valence-corrected chi connectivity index (χ2v) is 6.04. The second kappa shape index (κ2) is 4.47. The van der Waals surface area contributed by atoms with E-state index in [2.05, 4.69) is 29.5 Å². The predicted molar refractivity (Wildman–Crippen MR) is 80.9 cm³/mol. The maximum Gasteiger partial charge on any atom is 0.252 e. The van der Waals surface area contributed by atoms with Crippen LogP contribution in [-0.4, -0.2) is 24.0 Å². The molecule has 0 radical (unpaired) electrons. The zero-order chi connectivity index (χ0) is 14.3. The van der Waals surface area contributed by atoms with Crippen LogP contribution in [0.15, 0.2) is 30.3 Å². The molecule has 2 N–H and O–H groups in total. The van der Waals surface area contributed by atoms with Crippen molar-refractivity contribution in [1.82, 2.24) is 10.3 Å². The third kappa shape index (κ3) is 2.22. The van der Waals surface area contributed by atoms with Gasteiger partial charge < -0.3 is 10.6 Å². The number of hydrogen-bond donors (Lipinski definition) is 2. The Balaban J connectivity index is 1.99. The van der Waals surface area contributed by atoms with Gasteiger partial charge in [0.2, 0.25) is 0 Å². The summed E-state index contributed by atoms with van der Waals surface area (Å²) in [7, 11) is 1.81. The number of pyridine rings is 1. The Labute approximate surface area is 118 Å². The maximum atomic E-state index is 12.5. The molecule has 0 bridgehead atoms. The number of para-hydroxylation sites is 1. The van der Waals surface area contributed by atoms with Gasteiger partial charge in [-0.15, -0.1) is 0 Å². The van der Waals surface area contributed by atoms with Gasteiger partial charge in [-0.05, 0) is 24.0 Å². The molecule has 1 amide bonds. The molecule has 0 aliphatic heterocycles. The summed E-state index contributed by atoms with van der Waals surface area (Å²) < 4.78 is 0. The molecule has 1 saturated carbocycles. The summed E-state index contributed by atoms with van der Waals surface area (Å²) in [6, 6.07) is 9.82. The number of rotatable bonds is 3. The highest BCUT2D eigenvalue weighted by Crippen LogP contribution is 2.44. The third-order valence-corrected chi connectivity index (χ3v) is 4.04. The molecule has 4 nitrogen and oxygen atoms in total. The first-order valence-electron chi connectivity index (χ1n) is 6.90. The van der Waals surface area contributed by atoms with E-state index in [1.165, 1.54) is 0 Å². The number of nitrogens with zero attached hydrogens (tertiary/aromatic N) is 1. The van der Waals surface area contributed by atoms with Crippen molar-refractivity contribution >= 4 is 22.6 Å². The molecule has 1 aromatic carbocycles. The standard InChI is InChI=1S/C16H19N3O/c1-16(2)9-13(16)19-15(20)11-8-14(17-3)18-12-7-5-4-6-10(11)12/h4-8,13H,9H2,1-3H3,(H,17,18)(H,19,20). The number of hydrogen-bond acceptors (Lipinski definition) is 3. The SMILES string of the molecule is CNc1cc(C(=O)NC2CC2(C)C)c2ccccc2n1. The molecule has 0 spiro atoms. The molecule has 1 fully saturated rings. The number of nitrogens with one attached hydrogen (secondary N) is 2. The van der Waals surface area contributed by atoms with Gasteiger partial charge in [0, 0.05) is 18.5 Å². The Hall–Kier alpha value is -2.10. The smallest absolute Gasteiger partial charge is 0.252 e. The summed E-state index contributed by atoms with van der Waals surface area (Å²) in [6.07, 6.45) is 1.04. The lowest BCUT2D eigenvalue weighted by atomic mass is 10.1. The van der Waals surface area contributed by atoms with Crippen molar-refractivity contribution in [1.29, 1.82) is 0 Å². The van der Waals surface area contributed by atoms with Gasteiger partial charge in [0.25, 0.3) is 5.91 Å². The fourth-order valence-electron chi connectivity index (χ4n) is 2.44. The van der Waals surface area contributed by atoms with Gasteiger partial charge in [0.1, 0.15) is 5.82 Å². The van der Waals surface area contributed by atoms with Gasteiger partial charge in [0.05, 0.1) is 11.1 Å². The lowest BCUT2D eigenvalue weighted by Crippen LogP contribution is -2.28. The van der Waals surface area contributed by atoms with E-state index in [0.717, 1.165) is 17.3 Å². The minimum absolute atomic E-state index is 0.0179. The van der Waals surface area contributed by atoms with E-state index in [1.807, 2.05) is 37.4 Å². The van der Waals surface area contributed by atoms with Gasteiger partial charge >= 0.3 is 0 Å². The van der Waals surface area contributed by atoms with Crippen LogP contribution in [0.25, 0.3) is 10.9 Å². The van der Waals surface area contributed by atoms with Crippen LogP contribution in [0.1, 0.15) is 30.6 Å². The first kappa shape index (κ1) is 12.9. The summed E-state index contributed by atoms with van der Waals surface area (Å²) >= 11 is 0. The van der Waals surface area contributed by atoms with Gasteiger partial charge in [-0.25, -0.2) is 4.98 Å². The quantitative estimate of drug-likeness (QED) is 0.901. The molecular weight excluding hydrogens is 250 g/mol. The fourth-order valence-corrected chi connectivity index (χ4v) is 2.44. The Morgan fingerprint density at radius 3 is 2.70 bits per heavy atom. The molecule has 1 heterocycles. The average Bonchev–Trinajstić information content (AvgIpc) is 3.04. The zero-order valence-electron chi connectivity index (χ0n) is 12.0. The molecule has 2 aromatic rings. The van der Waals surface area contributed by atoms with Crippen molar-refractivity contribution in [2.45, 2.75) is 26.3 Å². The lowest BCUT2D eigenvalue weighted by Gasteiger charge is -2.11. The fraction of sp³-hybridized carbons (Fsp3) is 0.375. The van der Waals surface area contributed by atoms with Crippen LogP contribution >= 0.6 is 0 Å². The number of benzene rings is 1. The van der Waals surface area contributed by atoms with Crippen molar-refractivity contribution in [2.24, 2.45) is 5.41 Å². The van der Waals surface area contributed by atoms with E-state index in [-0.39, 0.29) is 17.4 Å². The summed E-state index contributed by atoms with van der Waals surface area (Å²) in [4.78, 5) is 17.0. The minimum Gasteiger partial charge on any atom is -0.373 e. The minimum atomic E-state index is -0.0179. The zero-order valence-corrected chi connectivity index (χ0v) is 12.0. The molecular formula is C16H19N3O. The number of amides is 1. The number of fused-ring (bicyclic) bond motifs is 1. The van der Waals surface area contributed by atoms with E-state index in [0.29, 0.717) is 11.4 Å². The van der Waals surface area contributed by atoms with Crippen molar-refractivity contribution in [3.63, 3.8) is 0 Å². The van der Waals surface area contributed by atoms with E-state index >= 15 is 0 Å². The van der Waals surface area contributed by atoms with Gasteiger partial charge in [0.15, 0.2) is 0 Å². The summed E-state index contributed by atoms with van der Waals surface area (Å²) in [5, 5.41) is 7.01. The Morgan fingerprint density at radius 1 is 1.35 bits per heavy atom. The molecule has 104 valence electrons. The molecule has 1 aromatic heterocycles. The molecule has 1 atom stereocenters. The van der Waals surface area contributed by atoms with E-state index in [1.54, 1.807) is 0 Å². The highest BCUT2D eigenvalue weighted by atomic mass is 16.1. The van der Waals surface area contributed by atoms with Crippen LogP contribution in [0.3, 0.4) is 0 Å².